The molecule has 1 atom stereocenters. The number of hydrazine groups is 1. The van der Waals surface area contributed by atoms with Gasteiger partial charge in [-0.2, -0.15) is 0 Å². The second-order valence-corrected chi connectivity index (χ2v) is 5.60. The van der Waals surface area contributed by atoms with Crippen molar-refractivity contribution < 1.29 is 14.3 Å². The maximum Gasteiger partial charge on any atom is 0.426 e. The van der Waals surface area contributed by atoms with Gasteiger partial charge in [-0.1, -0.05) is 18.2 Å². The lowest BCUT2D eigenvalue weighted by atomic mass is 10.1. The smallest absolute Gasteiger partial charge is 0.426 e. The van der Waals surface area contributed by atoms with Crippen LogP contribution in [0, 0.1) is 0 Å². The maximum absolute atomic E-state index is 12.0. The molecule has 0 saturated carbocycles. The third-order valence-electron chi connectivity index (χ3n) is 2.68. The van der Waals surface area contributed by atoms with E-state index in [9.17, 15) is 4.79 Å². The Kier molecular flexibility index (Phi) is 4.47. The van der Waals surface area contributed by atoms with E-state index in [1.54, 1.807) is 11.2 Å². The maximum atomic E-state index is 12.0. The van der Waals surface area contributed by atoms with Gasteiger partial charge in [0.15, 0.2) is 0 Å². The second-order valence-electron chi connectivity index (χ2n) is 5.60. The highest BCUT2D eigenvalue weighted by Gasteiger charge is 2.27. The molecular formula is C15H21N3O3. The molecule has 1 aliphatic rings. The molecule has 2 rings (SSSR count). The molecule has 1 unspecified atom stereocenters. The number of hydrogen-bond acceptors (Lipinski definition) is 5. The van der Waals surface area contributed by atoms with Crippen molar-refractivity contribution >= 4 is 18.0 Å². The number of carbonyl (C=O) groups is 1. The van der Waals surface area contributed by atoms with Gasteiger partial charge >= 0.3 is 6.09 Å². The first-order chi connectivity index (χ1) is 9.90. The van der Waals surface area contributed by atoms with Gasteiger partial charge in [-0.05, 0) is 33.8 Å². The van der Waals surface area contributed by atoms with Crippen LogP contribution in [0.2, 0.25) is 0 Å². The first kappa shape index (κ1) is 15.3. The van der Waals surface area contributed by atoms with Crippen LogP contribution in [0.15, 0.2) is 29.3 Å². The number of nitrogens with zero attached hydrogens (tertiary/aromatic N) is 2. The molecule has 6 heteroatoms. The third kappa shape index (κ3) is 3.95. The van der Waals surface area contributed by atoms with Gasteiger partial charge in [0.2, 0.25) is 6.35 Å². The normalized spacial score (nSPS) is 17.3. The van der Waals surface area contributed by atoms with Crippen LogP contribution in [0.25, 0.3) is 0 Å². The lowest BCUT2D eigenvalue weighted by molar-refractivity contribution is 0.0342. The van der Waals surface area contributed by atoms with Gasteiger partial charge in [0.05, 0.1) is 5.69 Å². The van der Waals surface area contributed by atoms with Gasteiger partial charge in [0.1, 0.15) is 5.60 Å². The van der Waals surface area contributed by atoms with E-state index in [2.05, 4.69) is 10.4 Å². The summed E-state index contributed by atoms with van der Waals surface area (Å²) in [6, 6.07) is 7.62. The number of fused-ring (bicyclic) bond motifs is 1. The van der Waals surface area contributed by atoms with Gasteiger partial charge in [-0.25, -0.2) is 20.2 Å². The van der Waals surface area contributed by atoms with Crippen molar-refractivity contribution in [3.05, 3.63) is 29.8 Å². The SMILES string of the molecule is CCOC1N=Cc2ccccc2N1NC(=O)OC(C)(C)C. The fraction of sp³-hybridized carbons (Fsp3) is 0.467. The first-order valence-corrected chi connectivity index (χ1v) is 6.93. The van der Waals surface area contributed by atoms with E-state index >= 15 is 0 Å². The van der Waals surface area contributed by atoms with E-state index in [0.29, 0.717) is 6.61 Å². The number of amides is 1. The molecule has 0 radical (unpaired) electrons. The van der Waals surface area contributed by atoms with Gasteiger partial charge in [0, 0.05) is 18.4 Å². The molecular weight excluding hydrogens is 270 g/mol. The van der Waals surface area contributed by atoms with E-state index in [0.717, 1.165) is 11.3 Å². The number of rotatable bonds is 3. The number of aliphatic imine (C=N–C) groups is 1. The van der Waals surface area contributed by atoms with Crippen LogP contribution < -0.4 is 10.4 Å². The van der Waals surface area contributed by atoms with Crippen LogP contribution in [0.3, 0.4) is 0 Å². The van der Waals surface area contributed by atoms with Crippen LogP contribution in [0.5, 0.6) is 0 Å². The van der Waals surface area contributed by atoms with Crippen LogP contribution in [0.4, 0.5) is 10.5 Å². The van der Waals surface area contributed by atoms with Gasteiger partial charge in [-0.15, -0.1) is 0 Å². The Hall–Kier alpha value is -2.08. The summed E-state index contributed by atoms with van der Waals surface area (Å²) in [7, 11) is 0. The Bertz CT molecular complexity index is 537. The van der Waals surface area contributed by atoms with E-state index in [1.807, 2.05) is 52.0 Å². The quantitative estimate of drug-likeness (QED) is 0.930. The molecule has 0 spiro atoms. The summed E-state index contributed by atoms with van der Waals surface area (Å²) in [4.78, 5) is 16.3. The molecule has 1 N–H and O–H groups in total. The molecule has 0 aliphatic carbocycles. The molecule has 0 aromatic heterocycles. The lowest BCUT2D eigenvalue weighted by Gasteiger charge is -2.34. The Morgan fingerprint density at radius 2 is 2.10 bits per heavy atom. The standard InChI is InChI=1S/C15H21N3O3/c1-5-20-13-16-10-11-8-6-7-9-12(11)18(13)17-14(19)21-15(2,3)4/h6-10,13H,5H2,1-4H3,(H,17,19). The van der Waals surface area contributed by atoms with Crippen LogP contribution in [-0.2, 0) is 9.47 Å². The van der Waals surface area contributed by atoms with Gasteiger partial charge in [-0.3, -0.25) is 0 Å². The minimum atomic E-state index is -0.600. The summed E-state index contributed by atoms with van der Waals surface area (Å²) < 4.78 is 10.8. The Morgan fingerprint density at radius 1 is 1.38 bits per heavy atom. The first-order valence-electron chi connectivity index (χ1n) is 6.93. The van der Waals surface area contributed by atoms with Crippen LogP contribution in [0.1, 0.15) is 33.3 Å². The van der Waals surface area contributed by atoms with Gasteiger partial charge in [0.25, 0.3) is 0 Å². The van der Waals surface area contributed by atoms with Crippen molar-refractivity contribution in [3.8, 4) is 0 Å². The Balaban J connectivity index is 2.20. The summed E-state index contributed by atoms with van der Waals surface area (Å²) in [5, 5.41) is 1.58. The molecule has 0 bridgehead atoms. The van der Waals surface area contributed by atoms with E-state index in [1.165, 1.54) is 0 Å². The van der Waals surface area contributed by atoms with Crippen LogP contribution >= 0.6 is 0 Å². The third-order valence-corrected chi connectivity index (χ3v) is 2.68. The molecule has 1 aromatic carbocycles. The average molecular weight is 291 g/mol. The van der Waals surface area contributed by atoms with E-state index in [4.69, 9.17) is 9.47 Å². The summed E-state index contributed by atoms with van der Waals surface area (Å²) in [6.45, 7) is 7.80. The number of hydrogen-bond donors (Lipinski definition) is 1. The predicted octanol–water partition coefficient (Wildman–Crippen LogP) is 2.69. The zero-order valence-electron chi connectivity index (χ0n) is 12.8. The number of ether oxygens (including phenoxy) is 2. The summed E-state index contributed by atoms with van der Waals surface area (Å²) in [5.74, 6) is 0. The fourth-order valence-electron chi connectivity index (χ4n) is 1.93. The van der Waals surface area contributed by atoms with E-state index < -0.39 is 18.0 Å². The van der Waals surface area contributed by atoms with Crippen LogP contribution in [-0.4, -0.2) is 30.9 Å². The molecule has 1 amide bonds. The van der Waals surface area contributed by atoms with Crippen molar-refractivity contribution in [2.24, 2.45) is 4.99 Å². The second kappa shape index (κ2) is 6.13. The highest BCUT2D eigenvalue weighted by Crippen LogP contribution is 2.24. The summed E-state index contributed by atoms with van der Waals surface area (Å²) in [6.07, 6.45) is 0.597. The largest absolute Gasteiger partial charge is 0.443 e. The Labute approximate surface area is 124 Å². The van der Waals surface area contributed by atoms with Crippen molar-refractivity contribution in [2.45, 2.75) is 39.6 Å². The predicted molar refractivity (Wildman–Crippen MR) is 81.3 cm³/mol. The lowest BCUT2D eigenvalue weighted by Crippen LogP contribution is -2.52. The van der Waals surface area contributed by atoms with Crippen molar-refractivity contribution in [2.75, 3.05) is 11.6 Å². The Morgan fingerprint density at radius 3 is 2.76 bits per heavy atom. The minimum Gasteiger partial charge on any atom is -0.443 e. The number of benzene rings is 1. The number of anilines is 1. The van der Waals surface area contributed by atoms with Crippen molar-refractivity contribution in [1.82, 2.24) is 5.43 Å². The van der Waals surface area contributed by atoms with Crippen molar-refractivity contribution in [1.29, 1.82) is 0 Å². The average Bonchev–Trinajstić information content (AvgIpc) is 2.39. The molecule has 0 fully saturated rings. The zero-order valence-corrected chi connectivity index (χ0v) is 12.8. The molecule has 21 heavy (non-hydrogen) atoms. The molecule has 1 aromatic rings. The highest BCUT2D eigenvalue weighted by molar-refractivity contribution is 5.90. The molecule has 114 valence electrons. The number of para-hydroxylation sites is 1. The zero-order chi connectivity index (χ0) is 15.5. The fourth-order valence-corrected chi connectivity index (χ4v) is 1.93. The summed E-state index contributed by atoms with van der Waals surface area (Å²) in [5.41, 5.74) is 3.86. The monoisotopic (exact) mass is 291 g/mol. The number of nitrogens with one attached hydrogen (secondary N) is 1. The number of carbonyl (C=O) groups excluding carboxylic acids is 1. The molecule has 1 aliphatic heterocycles. The molecule has 6 nitrogen and oxygen atoms in total. The van der Waals surface area contributed by atoms with Gasteiger partial charge < -0.3 is 9.47 Å². The molecule has 0 saturated heterocycles. The summed E-state index contributed by atoms with van der Waals surface area (Å²) >= 11 is 0. The highest BCUT2D eigenvalue weighted by atomic mass is 16.6. The van der Waals surface area contributed by atoms with E-state index in [-0.39, 0.29) is 0 Å². The molecule has 1 heterocycles. The topological polar surface area (TPSA) is 63.2 Å². The minimum absolute atomic E-state index is 0.483. The van der Waals surface area contributed by atoms with Crippen molar-refractivity contribution in [3.63, 3.8) is 0 Å².